The van der Waals surface area contributed by atoms with E-state index in [-0.39, 0.29) is 24.2 Å². The fraction of sp³-hybridized carbons (Fsp3) is 0.235. The van der Waals surface area contributed by atoms with E-state index >= 15 is 0 Å². The molecule has 0 aliphatic heterocycles. The van der Waals surface area contributed by atoms with E-state index in [9.17, 15) is 9.18 Å². The van der Waals surface area contributed by atoms with Crippen molar-refractivity contribution in [2.24, 2.45) is 0 Å². The van der Waals surface area contributed by atoms with Gasteiger partial charge in [-0.05, 0) is 48.7 Å². The number of halogens is 2. The number of hydrogen-bond donors (Lipinski definition) is 1. The van der Waals surface area contributed by atoms with Gasteiger partial charge in [-0.3, -0.25) is 4.79 Å². The van der Waals surface area contributed by atoms with Crippen LogP contribution in [0.25, 0.3) is 0 Å². The van der Waals surface area contributed by atoms with E-state index in [0.717, 1.165) is 17.5 Å². The molecule has 1 amide bonds. The highest BCUT2D eigenvalue weighted by atomic mass is 35.5. The first-order valence-corrected chi connectivity index (χ1v) is 7.19. The van der Waals surface area contributed by atoms with Crippen molar-refractivity contribution in [3.8, 4) is 0 Å². The lowest BCUT2D eigenvalue weighted by Crippen LogP contribution is -2.35. The zero-order valence-corrected chi connectivity index (χ0v) is 12.5. The van der Waals surface area contributed by atoms with Crippen LogP contribution < -0.4 is 5.32 Å². The van der Waals surface area contributed by atoms with Gasteiger partial charge in [-0.15, -0.1) is 0 Å². The van der Waals surface area contributed by atoms with E-state index in [1.165, 1.54) is 12.1 Å². The molecule has 1 atom stereocenters. The van der Waals surface area contributed by atoms with Crippen molar-refractivity contribution in [2.75, 3.05) is 0 Å². The van der Waals surface area contributed by atoms with E-state index in [1.54, 1.807) is 12.1 Å². The molecule has 0 saturated carbocycles. The van der Waals surface area contributed by atoms with Crippen LogP contribution in [-0.2, 0) is 17.6 Å². The molecule has 21 heavy (non-hydrogen) atoms. The standard InChI is InChI=1S/C17H17ClFNO/c1-12(9-14-3-2-4-15(18)10-14)20-17(21)11-13-5-7-16(19)8-6-13/h2-8,10,12H,9,11H2,1H3,(H,20,21)/t12-/m0/s1. The summed E-state index contributed by atoms with van der Waals surface area (Å²) in [5.41, 5.74) is 1.88. The molecule has 0 radical (unpaired) electrons. The molecule has 0 saturated heterocycles. The number of nitrogens with one attached hydrogen (secondary N) is 1. The molecule has 2 nitrogen and oxygen atoms in total. The smallest absolute Gasteiger partial charge is 0.224 e. The van der Waals surface area contributed by atoms with E-state index in [0.29, 0.717) is 5.02 Å². The lowest BCUT2D eigenvalue weighted by molar-refractivity contribution is -0.121. The zero-order chi connectivity index (χ0) is 15.2. The molecule has 0 heterocycles. The second-order valence-corrected chi connectivity index (χ2v) is 5.54. The van der Waals surface area contributed by atoms with Crippen molar-refractivity contribution in [3.63, 3.8) is 0 Å². The summed E-state index contributed by atoms with van der Waals surface area (Å²) in [5, 5.41) is 3.63. The second-order valence-electron chi connectivity index (χ2n) is 5.11. The molecule has 0 bridgehead atoms. The Morgan fingerprint density at radius 2 is 1.90 bits per heavy atom. The Balaban J connectivity index is 1.86. The Labute approximate surface area is 128 Å². The maximum atomic E-state index is 12.8. The minimum absolute atomic E-state index is 0.0106. The highest BCUT2D eigenvalue weighted by Gasteiger charge is 2.09. The van der Waals surface area contributed by atoms with Crippen LogP contribution in [0.1, 0.15) is 18.1 Å². The van der Waals surface area contributed by atoms with Gasteiger partial charge in [0.15, 0.2) is 0 Å². The molecule has 4 heteroatoms. The van der Waals surface area contributed by atoms with E-state index in [2.05, 4.69) is 5.32 Å². The second kappa shape index (κ2) is 7.23. The van der Waals surface area contributed by atoms with Crippen LogP contribution in [0.2, 0.25) is 5.02 Å². The first kappa shape index (κ1) is 15.5. The predicted octanol–water partition coefficient (Wildman–Crippen LogP) is 3.77. The van der Waals surface area contributed by atoms with Crippen LogP contribution in [-0.4, -0.2) is 11.9 Å². The van der Waals surface area contributed by atoms with Gasteiger partial charge < -0.3 is 5.32 Å². The predicted molar refractivity (Wildman–Crippen MR) is 82.9 cm³/mol. The lowest BCUT2D eigenvalue weighted by Gasteiger charge is -2.14. The van der Waals surface area contributed by atoms with E-state index in [4.69, 9.17) is 11.6 Å². The van der Waals surface area contributed by atoms with Gasteiger partial charge in [0.2, 0.25) is 5.91 Å². The number of benzene rings is 2. The first-order chi connectivity index (χ1) is 10.0. The minimum atomic E-state index is -0.298. The fourth-order valence-electron chi connectivity index (χ4n) is 2.18. The topological polar surface area (TPSA) is 29.1 Å². The maximum absolute atomic E-state index is 12.8. The van der Waals surface area contributed by atoms with Crippen LogP contribution >= 0.6 is 11.6 Å². The van der Waals surface area contributed by atoms with Crippen LogP contribution in [0, 0.1) is 5.82 Å². The molecule has 2 aromatic rings. The molecule has 0 aliphatic carbocycles. The summed E-state index contributed by atoms with van der Waals surface area (Å²) in [7, 11) is 0. The highest BCUT2D eigenvalue weighted by Crippen LogP contribution is 2.12. The quantitative estimate of drug-likeness (QED) is 0.895. The zero-order valence-electron chi connectivity index (χ0n) is 11.8. The van der Waals surface area contributed by atoms with Gasteiger partial charge >= 0.3 is 0 Å². The fourth-order valence-corrected chi connectivity index (χ4v) is 2.39. The van der Waals surface area contributed by atoms with Crippen molar-refractivity contribution in [3.05, 3.63) is 70.5 Å². The maximum Gasteiger partial charge on any atom is 0.224 e. The summed E-state index contributed by atoms with van der Waals surface area (Å²) < 4.78 is 12.8. The SMILES string of the molecule is C[C@@H](Cc1cccc(Cl)c1)NC(=O)Cc1ccc(F)cc1. The Bertz CT molecular complexity index is 612. The Kier molecular flexibility index (Phi) is 5.34. The molecule has 1 N–H and O–H groups in total. The van der Waals surface area contributed by atoms with Crippen molar-refractivity contribution in [2.45, 2.75) is 25.8 Å². The summed E-state index contributed by atoms with van der Waals surface area (Å²) in [5.74, 6) is -0.371. The summed E-state index contributed by atoms with van der Waals surface area (Å²) in [4.78, 5) is 11.9. The van der Waals surface area contributed by atoms with Crippen molar-refractivity contribution in [1.29, 1.82) is 0 Å². The van der Waals surface area contributed by atoms with Crippen LogP contribution in [0.4, 0.5) is 4.39 Å². The number of carbonyl (C=O) groups excluding carboxylic acids is 1. The van der Waals surface area contributed by atoms with E-state index in [1.807, 2.05) is 31.2 Å². The Morgan fingerprint density at radius 1 is 1.19 bits per heavy atom. The molecule has 0 spiro atoms. The number of rotatable bonds is 5. The normalized spacial score (nSPS) is 12.0. The number of amides is 1. The van der Waals surface area contributed by atoms with Gasteiger partial charge in [0.1, 0.15) is 5.82 Å². The summed E-state index contributed by atoms with van der Waals surface area (Å²) in [6, 6.07) is 13.6. The number of hydrogen-bond acceptors (Lipinski definition) is 1. The summed E-state index contributed by atoms with van der Waals surface area (Å²) >= 11 is 5.94. The molecule has 0 fully saturated rings. The highest BCUT2D eigenvalue weighted by molar-refractivity contribution is 6.30. The van der Waals surface area contributed by atoms with Crippen LogP contribution in [0.3, 0.4) is 0 Å². The van der Waals surface area contributed by atoms with Crippen LogP contribution in [0.15, 0.2) is 48.5 Å². The van der Waals surface area contributed by atoms with Gasteiger partial charge in [-0.25, -0.2) is 4.39 Å². The van der Waals surface area contributed by atoms with Gasteiger partial charge in [-0.2, -0.15) is 0 Å². The third-order valence-corrected chi connectivity index (χ3v) is 3.35. The monoisotopic (exact) mass is 305 g/mol. The van der Waals surface area contributed by atoms with Gasteiger partial charge in [0.05, 0.1) is 6.42 Å². The van der Waals surface area contributed by atoms with Crippen LogP contribution in [0.5, 0.6) is 0 Å². The van der Waals surface area contributed by atoms with Crippen molar-refractivity contribution < 1.29 is 9.18 Å². The Morgan fingerprint density at radius 3 is 2.57 bits per heavy atom. The van der Waals surface area contributed by atoms with Gasteiger partial charge in [0, 0.05) is 11.1 Å². The van der Waals surface area contributed by atoms with E-state index < -0.39 is 0 Å². The molecule has 2 aromatic carbocycles. The Hall–Kier alpha value is -1.87. The first-order valence-electron chi connectivity index (χ1n) is 6.81. The third kappa shape index (κ3) is 5.20. The minimum Gasteiger partial charge on any atom is -0.353 e. The molecule has 2 rings (SSSR count). The summed E-state index contributed by atoms with van der Waals surface area (Å²) in [6.45, 7) is 1.95. The van der Waals surface area contributed by atoms with Crippen molar-refractivity contribution in [1.82, 2.24) is 5.32 Å². The molecule has 110 valence electrons. The average Bonchev–Trinajstić information content (AvgIpc) is 2.41. The average molecular weight is 306 g/mol. The molecule has 0 unspecified atom stereocenters. The molecular weight excluding hydrogens is 289 g/mol. The van der Waals surface area contributed by atoms with Crippen molar-refractivity contribution >= 4 is 17.5 Å². The molecular formula is C17H17ClFNO. The molecule has 0 aromatic heterocycles. The third-order valence-electron chi connectivity index (χ3n) is 3.12. The largest absolute Gasteiger partial charge is 0.353 e. The molecule has 0 aliphatic rings. The number of carbonyl (C=O) groups is 1. The van der Waals surface area contributed by atoms with Gasteiger partial charge in [-0.1, -0.05) is 35.9 Å². The summed E-state index contributed by atoms with van der Waals surface area (Å²) in [6.07, 6.45) is 0.968. The van der Waals surface area contributed by atoms with Gasteiger partial charge in [0.25, 0.3) is 0 Å². The lowest BCUT2D eigenvalue weighted by atomic mass is 10.1.